The molecule has 0 bridgehead atoms. The molecule has 0 aliphatic carbocycles. The summed E-state index contributed by atoms with van der Waals surface area (Å²) in [4.78, 5) is 10.4. The standard InChI is InChI=1S/C9H15N5O/c1-14(7-2-3-15-6-7)9-5-11-4-8(12-9)13-10/h4-5,7H,2-3,6,10H2,1H3,(H,12,13). The van der Waals surface area contributed by atoms with Crippen molar-refractivity contribution in [2.45, 2.75) is 12.5 Å². The van der Waals surface area contributed by atoms with Crippen molar-refractivity contribution in [2.75, 3.05) is 30.6 Å². The number of nitrogens with one attached hydrogen (secondary N) is 1. The highest BCUT2D eigenvalue weighted by Gasteiger charge is 2.21. The molecule has 1 aliphatic rings. The van der Waals surface area contributed by atoms with Crippen LogP contribution < -0.4 is 16.2 Å². The van der Waals surface area contributed by atoms with E-state index in [-0.39, 0.29) is 0 Å². The molecule has 1 unspecified atom stereocenters. The lowest BCUT2D eigenvalue weighted by Gasteiger charge is -2.23. The third-order valence-corrected chi connectivity index (χ3v) is 2.58. The summed E-state index contributed by atoms with van der Waals surface area (Å²) in [5, 5.41) is 0. The van der Waals surface area contributed by atoms with Gasteiger partial charge in [-0.3, -0.25) is 4.98 Å². The molecule has 1 aliphatic heterocycles. The van der Waals surface area contributed by atoms with Crippen LogP contribution in [0.2, 0.25) is 0 Å². The Hall–Kier alpha value is -1.40. The van der Waals surface area contributed by atoms with E-state index in [1.807, 2.05) is 7.05 Å². The van der Waals surface area contributed by atoms with Crippen molar-refractivity contribution in [1.82, 2.24) is 9.97 Å². The maximum atomic E-state index is 5.33. The van der Waals surface area contributed by atoms with Crippen LogP contribution in [0.25, 0.3) is 0 Å². The summed E-state index contributed by atoms with van der Waals surface area (Å²) in [6.07, 6.45) is 4.33. The number of rotatable bonds is 3. The van der Waals surface area contributed by atoms with Crippen LogP contribution in [0.4, 0.5) is 11.6 Å². The fourth-order valence-corrected chi connectivity index (χ4v) is 1.61. The Labute approximate surface area is 88.4 Å². The maximum Gasteiger partial charge on any atom is 0.160 e. The van der Waals surface area contributed by atoms with E-state index in [0.29, 0.717) is 11.9 Å². The van der Waals surface area contributed by atoms with Crippen molar-refractivity contribution in [1.29, 1.82) is 0 Å². The molecule has 6 heteroatoms. The average molecular weight is 209 g/mol. The zero-order valence-electron chi connectivity index (χ0n) is 8.68. The zero-order valence-corrected chi connectivity index (χ0v) is 8.68. The first kappa shape index (κ1) is 10.1. The van der Waals surface area contributed by atoms with Gasteiger partial charge < -0.3 is 15.1 Å². The lowest BCUT2D eigenvalue weighted by Crippen LogP contribution is -2.32. The van der Waals surface area contributed by atoms with Gasteiger partial charge in [-0.15, -0.1) is 0 Å². The number of hydrogen-bond donors (Lipinski definition) is 2. The number of nitrogens with zero attached hydrogens (tertiary/aromatic N) is 3. The van der Waals surface area contributed by atoms with Crippen LogP contribution in [-0.4, -0.2) is 36.3 Å². The second-order valence-corrected chi connectivity index (χ2v) is 3.54. The second-order valence-electron chi connectivity index (χ2n) is 3.54. The van der Waals surface area contributed by atoms with Gasteiger partial charge in [0.15, 0.2) is 5.82 Å². The number of likely N-dealkylation sites (N-methyl/N-ethyl adjacent to an activating group) is 1. The number of anilines is 2. The number of hydrogen-bond acceptors (Lipinski definition) is 6. The summed E-state index contributed by atoms with van der Waals surface area (Å²) in [7, 11) is 1.99. The first-order valence-corrected chi connectivity index (χ1v) is 4.90. The molecule has 1 fully saturated rings. The Morgan fingerprint density at radius 3 is 3.13 bits per heavy atom. The van der Waals surface area contributed by atoms with Crippen molar-refractivity contribution in [3.63, 3.8) is 0 Å². The van der Waals surface area contributed by atoms with Crippen LogP contribution in [0.1, 0.15) is 6.42 Å². The highest BCUT2D eigenvalue weighted by atomic mass is 16.5. The minimum Gasteiger partial charge on any atom is -0.379 e. The number of hydrazine groups is 1. The number of nitrogen functional groups attached to an aromatic ring is 1. The monoisotopic (exact) mass is 209 g/mol. The number of aromatic nitrogens is 2. The van der Waals surface area contributed by atoms with E-state index in [1.54, 1.807) is 12.4 Å². The lowest BCUT2D eigenvalue weighted by molar-refractivity contribution is 0.193. The fourth-order valence-electron chi connectivity index (χ4n) is 1.61. The van der Waals surface area contributed by atoms with Gasteiger partial charge in [0.05, 0.1) is 25.0 Å². The molecular weight excluding hydrogens is 194 g/mol. The van der Waals surface area contributed by atoms with Gasteiger partial charge in [0.1, 0.15) is 5.82 Å². The lowest BCUT2D eigenvalue weighted by atomic mass is 10.2. The summed E-state index contributed by atoms with van der Waals surface area (Å²) in [6, 6.07) is 0.382. The van der Waals surface area contributed by atoms with E-state index in [2.05, 4.69) is 20.3 Å². The Kier molecular flexibility index (Phi) is 2.98. The molecule has 1 atom stereocenters. The summed E-state index contributed by atoms with van der Waals surface area (Å²) in [5.41, 5.74) is 2.48. The van der Waals surface area contributed by atoms with Gasteiger partial charge in [0.2, 0.25) is 0 Å². The first-order valence-electron chi connectivity index (χ1n) is 4.90. The smallest absolute Gasteiger partial charge is 0.160 e. The highest BCUT2D eigenvalue weighted by Crippen LogP contribution is 2.18. The number of ether oxygens (including phenoxy) is 1. The average Bonchev–Trinajstić information content (AvgIpc) is 2.81. The molecule has 15 heavy (non-hydrogen) atoms. The molecular formula is C9H15N5O. The van der Waals surface area contributed by atoms with Crippen molar-refractivity contribution in [3.8, 4) is 0 Å². The van der Waals surface area contributed by atoms with E-state index < -0.39 is 0 Å². The van der Waals surface area contributed by atoms with Gasteiger partial charge in [0, 0.05) is 13.7 Å². The van der Waals surface area contributed by atoms with E-state index >= 15 is 0 Å². The van der Waals surface area contributed by atoms with Crippen LogP contribution in [0.5, 0.6) is 0 Å². The maximum absolute atomic E-state index is 5.33. The molecule has 0 spiro atoms. The predicted octanol–water partition coefficient (Wildman–Crippen LogP) is -0.0127. The minimum atomic E-state index is 0.382. The van der Waals surface area contributed by atoms with Gasteiger partial charge in [-0.25, -0.2) is 10.8 Å². The Bertz CT molecular complexity index is 326. The molecule has 1 saturated heterocycles. The molecule has 3 N–H and O–H groups in total. The quantitative estimate of drug-likeness (QED) is 0.538. The van der Waals surface area contributed by atoms with Gasteiger partial charge in [-0.05, 0) is 6.42 Å². The summed E-state index contributed by atoms with van der Waals surface area (Å²) < 4.78 is 5.33. The molecule has 1 aromatic heterocycles. The highest BCUT2D eigenvalue weighted by molar-refractivity contribution is 5.43. The third kappa shape index (κ3) is 2.16. The molecule has 6 nitrogen and oxygen atoms in total. The largest absolute Gasteiger partial charge is 0.379 e. The van der Waals surface area contributed by atoms with Gasteiger partial charge >= 0.3 is 0 Å². The van der Waals surface area contributed by atoms with Crippen LogP contribution in [0.3, 0.4) is 0 Å². The Morgan fingerprint density at radius 2 is 2.47 bits per heavy atom. The zero-order chi connectivity index (χ0) is 10.7. The molecule has 2 heterocycles. The minimum absolute atomic E-state index is 0.382. The summed E-state index contributed by atoms with van der Waals surface area (Å²) in [5.74, 6) is 6.65. The van der Waals surface area contributed by atoms with Crippen molar-refractivity contribution in [2.24, 2.45) is 5.84 Å². The van der Waals surface area contributed by atoms with Crippen LogP contribution >= 0.6 is 0 Å². The Morgan fingerprint density at radius 1 is 1.60 bits per heavy atom. The molecule has 0 saturated carbocycles. The predicted molar refractivity (Wildman–Crippen MR) is 57.5 cm³/mol. The SMILES string of the molecule is CN(c1cncc(NN)n1)C1CCOC1. The van der Waals surface area contributed by atoms with Gasteiger partial charge in [-0.1, -0.05) is 0 Å². The summed E-state index contributed by atoms with van der Waals surface area (Å²) in [6.45, 7) is 1.57. The summed E-state index contributed by atoms with van der Waals surface area (Å²) >= 11 is 0. The van der Waals surface area contributed by atoms with E-state index in [0.717, 1.165) is 25.5 Å². The molecule has 82 valence electrons. The van der Waals surface area contributed by atoms with E-state index in [1.165, 1.54) is 0 Å². The van der Waals surface area contributed by atoms with Crippen molar-refractivity contribution >= 4 is 11.6 Å². The molecule has 2 rings (SSSR count). The van der Waals surface area contributed by atoms with E-state index in [4.69, 9.17) is 10.6 Å². The van der Waals surface area contributed by atoms with Crippen molar-refractivity contribution < 1.29 is 4.74 Å². The fraction of sp³-hybridized carbons (Fsp3) is 0.556. The molecule has 1 aromatic rings. The van der Waals surface area contributed by atoms with Gasteiger partial charge in [-0.2, -0.15) is 0 Å². The van der Waals surface area contributed by atoms with Crippen LogP contribution in [0, 0.1) is 0 Å². The first-order chi connectivity index (χ1) is 7.31. The van der Waals surface area contributed by atoms with Crippen LogP contribution in [-0.2, 0) is 4.74 Å². The van der Waals surface area contributed by atoms with E-state index in [9.17, 15) is 0 Å². The topological polar surface area (TPSA) is 76.3 Å². The Balaban J connectivity index is 2.13. The van der Waals surface area contributed by atoms with Gasteiger partial charge in [0.25, 0.3) is 0 Å². The second kappa shape index (κ2) is 4.41. The van der Waals surface area contributed by atoms with Crippen molar-refractivity contribution in [3.05, 3.63) is 12.4 Å². The van der Waals surface area contributed by atoms with Crippen LogP contribution in [0.15, 0.2) is 12.4 Å². The number of nitrogens with two attached hydrogens (primary N) is 1. The molecule has 0 amide bonds. The third-order valence-electron chi connectivity index (χ3n) is 2.58. The normalized spacial score (nSPS) is 20.3. The molecule has 0 radical (unpaired) electrons. The molecule has 0 aromatic carbocycles.